The first-order valence-electron chi connectivity index (χ1n) is 6.66. The lowest BCUT2D eigenvalue weighted by Crippen LogP contribution is -2.22. The fourth-order valence-electron chi connectivity index (χ4n) is 1.56. The van der Waals surface area contributed by atoms with E-state index in [1.54, 1.807) is 18.2 Å². The maximum Gasteiger partial charge on any atom is 0.235 e. The van der Waals surface area contributed by atoms with E-state index in [1.165, 1.54) is 0 Å². The molecular formula is C15H21NO4S. The van der Waals surface area contributed by atoms with Crippen molar-refractivity contribution in [3.8, 4) is 11.8 Å². The molecule has 0 aliphatic rings. The summed E-state index contributed by atoms with van der Waals surface area (Å²) in [5.41, 5.74) is 1.94. The zero-order valence-corrected chi connectivity index (χ0v) is 13.3. The quantitative estimate of drug-likeness (QED) is 0.781. The van der Waals surface area contributed by atoms with Gasteiger partial charge in [-0.05, 0) is 38.5 Å². The van der Waals surface area contributed by atoms with Crippen molar-refractivity contribution in [2.45, 2.75) is 26.9 Å². The van der Waals surface area contributed by atoms with Crippen LogP contribution in [0.3, 0.4) is 0 Å². The average Bonchev–Trinajstić information content (AvgIpc) is 2.38. The molecule has 0 atom stereocenters. The number of hydrogen-bond donors (Lipinski definition) is 2. The molecule has 0 saturated heterocycles. The number of ether oxygens (including phenoxy) is 1. The molecule has 0 aromatic heterocycles. The van der Waals surface area contributed by atoms with Gasteiger partial charge in [-0.3, -0.25) is 4.72 Å². The molecule has 5 nitrogen and oxygen atoms in total. The molecule has 0 unspecified atom stereocenters. The Hall–Kier alpha value is -1.55. The van der Waals surface area contributed by atoms with Gasteiger partial charge in [0.25, 0.3) is 0 Å². The Balaban J connectivity index is 2.81. The summed E-state index contributed by atoms with van der Waals surface area (Å²) in [5, 5.41) is 8.68. The Morgan fingerprint density at radius 2 is 2.10 bits per heavy atom. The molecule has 2 N–H and O–H groups in total. The molecular weight excluding hydrogens is 290 g/mol. The molecule has 0 aliphatic heterocycles. The SMILES string of the molecule is Cc1ccc(C#CCO)cc1NS(=O)(=O)CCOC(C)C. The molecule has 0 heterocycles. The van der Waals surface area contributed by atoms with Crippen molar-refractivity contribution in [3.05, 3.63) is 29.3 Å². The van der Waals surface area contributed by atoms with E-state index >= 15 is 0 Å². The predicted octanol–water partition coefficient (Wildman–Crippen LogP) is 1.51. The van der Waals surface area contributed by atoms with Crippen molar-refractivity contribution in [1.82, 2.24) is 0 Å². The molecule has 0 bridgehead atoms. The second-order valence-electron chi connectivity index (χ2n) is 4.83. The smallest absolute Gasteiger partial charge is 0.235 e. The van der Waals surface area contributed by atoms with Crippen molar-refractivity contribution in [2.75, 3.05) is 23.7 Å². The van der Waals surface area contributed by atoms with Gasteiger partial charge in [-0.15, -0.1) is 0 Å². The van der Waals surface area contributed by atoms with Gasteiger partial charge in [-0.1, -0.05) is 17.9 Å². The van der Waals surface area contributed by atoms with Crippen LogP contribution in [0.2, 0.25) is 0 Å². The van der Waals surface area contributed by atoms with E-state index in [9.17, 15) is 8.42 Å². The largest absolute Gasteiger partial charge is 0.384 e. The number of hydrogen-bond acceptors (Lipinski definition) is 4. The van der Waals surface area contributed by atoms with Gasteiger partial charge < -0.3 is 9.84 Å². The summed E-state index contributed by atoms with van der Waals surface area (Å²) < 4.78 is 31.8. The minimum Gasteiger partial charge on any atom is -0.384 e. The monoisotopic (exact) mass is 311 g/mol. The van der Waals surface area contributed by atoms with Crippen LogP contribution < -0.4 is 4.72 Å². The highest BCUT2D eigenvalue weighted by molar-refractivity contribution is 7.92. The third-order valence-corrected chi connectivity index (χ3v) is 3.85. The van der Waals surface area contributed by atoms with Gasteiger partial charge in [0.2, 0.25) is 10.0 Å². The van der Waals surface area contributed by atoms with Crippen LogP contribution >= 0.6 is 0 Å². The van der Waals surface area contributed by atoms with Crippen LogP contribution in [-0.4, -0.2) is 38.6 Å². The lowest BCUT2D eigenvalue weighted by Gasteiger charge is -2.12. The first-order valence-corrected chi connectivity index (χ1v) is 8.32. The number of anilines is 1. The molecule has 0 amide bonds. The van der Waals surface area contributed by atoms with E-state index < -0.39 is 10.0 Å². The standard InChI is InChI=1S/C15H21NO4S/c1-12(2)20-9-10-21(18,19)16-15-11-14(5-4-8-17)7-6-13(15)3/h6-7,11-12,16-17H,8-10H2,1-3H3. The predicted molar refractivity (Wildman–Crippen MR) is 83.6 cm³/mol. The van der Waals surface area contributed by atoms with E-state index in [0.29, 0.717) is 11.3 Å². The van der Waals surface area contributed by atoms with Gasteiger partial charge in [-0.2, -0.15) is 0 Å². The first-order chi connectivity index (χ1) is 9.84. The third kappa shape index (κ3) is 6.63. The number of aliphatic hydroxyl groups is 1. The van der Waals surface area contributed by atoms with Crippen molar-refractivity contribution in [2.24, 2.45) is 0 Å². The van der Waals surface area contributed by atoms with Crippen LogP contribution in [0.25, 0.3) is 0 Å². The van der Waals surface area contributed by atoms with Crippen molar-refractivity contribution in [1.29, 1.82) is 0 Å². The fourth-order valence-corrected chi connectivity index (χ4v) is 2.54. The Morgan fingerprint density at radius 3 is 2.71 bits per heavy atom. The number of rotatable bonds is 6. The lowest BCUT2D eigenvalue weighted by molar-refractivity contribution is 0.0913. The maximum absolute atomic E-state index is 12.0. The molecule has 1 aromatic carbocycles. The molecule has 0 radical (unpaired) electrons. The fraction of sp³-hybridized carbons (Fsp3) is 0.467. The molecule has 116 valence electrons. The van der Waals surface area contributed by atoms with Crippen molar-refractivity contribution < 1.29 is 18.3 Å². The Kier molecular flexibility index (Phi) is 6.69. The zero-order chi connectivity index (χ0) is 15.9. The third-order valence-electron chi connectivity index (χ3n) is 2.62. The van der Waals surface area contributed by atoms with Crippen molar-refractivity contribution >= 4 is 15.7 Å². The van der Waals surface area contributed by atoms with Gasteiger partial charge in [0.05, 0.1) is 24.2 Å². The van der Waals surface area contributed by atoms with E-state index in [-0.39, 0.29) is 25.1 Å². The minimum atomic E-state index is -3.46. The number of benzene rings is 1. The van der Waals surface area contributed by atoms with E-state index in [2.05, 4.69) is 16.6 Å². The summed E-state index contributed by atoms with van der Waals surface area (Å²) in [6, 6.07) is 5.21. The second-order valence-corrected chi connectivity index (χ2v) is 6.67. The Labute approximate surface area is 126 Å². The number of aliphatic hydroxyl groups excluding tert-OH is 1. The molecule has 0 fully saturated rings. The van der Waals surface area contributed by atoms with E-state index in [1.807, 2.05) is 20.8 Å². The zero-order valence-electron chi connectivity index (χ0n) is 12.5. The highest BCUT2D eigenvalue weighted by atomic mass is 32.2. The highest BCUT2D eigenvalue weighted by Gasteiger charge is 2.12. The van der Waals surface area contributed by atoms with Gasteiger partial charge >= 0.3 is 0 Å². The number of sulfonamides is 1. The summed E-state index contributed by atoms with van der Waals surface area (Å²) in [6.07, 6.45) is -0.000907. The van der Waals surface area contributed by atoms with Crippen LogP contribution in [-0.2, 0) is 14.8 Å². The number of aryl methyl sites for hydroxylation is 1. The second kappa shape index (κ2) is 8.03. The summed E-state index contributed by atoms with van der Waals surface area (Å²) in [5.74, 6) is 5.18. The maximum atomic E-state index is 12.0. The minimum absolute atomic E-state index is 0.000907. The highest BCUT2D eigenvalue weighted by Crippen LogP contribution is 2.18. The molecule has 0 spiro atoms. The normalized spacial score (nSPS) is 11.1. The summed E-state index contributed by atoms with van der Waals surface area (Å²) in [6.45, 7) is 5.43. The van der Waals surface area contributed by atoms with Crippen LogP contribution in [0.1, 0.15) is 25.0 Å². The molecule has 0 aliphatic carbocycles. The summed E-state index contributed by atoms with van der Waals surface area (Å²) in [4.78, 5) is 0. The van der Waals surface area contributed by atoms with Crippen LogP contribution in [0.4, 0.5) is 5.69 Å². The molecule has 1 aromatic rings. The van der Waals surface area contributed by atoms with Gasteiger partial charge in [0, 0.05) is 5.56 Å². The lowest BCUT2D eigenvalue weighted by atomic mass is 10.1. The summed E-state index contributed by atoms with van der Waals surface area (Å²) in [7, 11) is -3.46. The topological polar surface area (TPSA) is 75.6 Å². The molecule has 1 rings (SSSR count). The first kappa shape index (κ1) is 17.5. The van der Waals surface area contributed by atoms with Gasteiger partial charge in [-0.25, -0.2) is 8.42 Å². The molecule has 6 heteroatoms. The Morgan fingerprint density at radius 1 is 1.38 bits per heavy atom. The van der Waals surface area contributed by atoms with Gasteiger partial charge in [0.15, 0.2) is 0 Å². The molecule has 21 heavy (non-hydrogen) atoms. The van der Waals surface area contributed by atoms with E-state index in [0.717, 1.165) is 5.56 Å². The van der Waals surface area contributed by atoms with Gasteiger partial charge in [0.1, 0.15) is 6.61 Å². The van der Waals surface area contributed by atoms with Crippen LogP contribution in [0, 0.1) is 18.8 Å². The van der Waals surface area contributed by atoms with E-state index in [4.69, 9.17) is 9.84 Å². The summed E-state index contributed by atoms with van der Waals surface area (Å²) >= 11 is 0. The van der Waals surface area contributed by atoms with Crippen molar-refractivity contribution in [3.63, 3.8) is 0 Å². The Bertz CT molecular complexity index is 627. The van der Waals surface area contributed by atoms with Crippen LogP contribution in [0.5, 0.6) is 0 Å². The molecule has 0 saturated carbocycles. The average molecular weight is 311 g/mol. The van der Waals surface area contributed by atoms with Crippen LogP contribution in [0.15, 0.2) is 18.2 Å². The number of nitrogens with one attached hydrogen (secondary N) is 1.